The molecule has 94 valence electrons. The number of nitrogens with two attached hydrogens (primary N) is 1. The molecule has 0 aromatic heterocycles. The normalized spacial score (nSPS) is 14.1. The minimum absolute atomic E-state index is 0.0367. The summed E-state index contributed by atoms with van der Waals surface area (Å²) in [5.41, 5.74) is 6.73. The second kappa shape index (κ2) is 7.07. The van der Waals surface area contributed by atoms with E-state index in [2.05, 4.69) is 12.2 Å². The van der Waals surface area contributed by atoms with Crippen molar-refractivity contribution < 1.29 is 4.79 Å². The molecule has 0 heterocycles. The van der Waals surface area contributed by atoms with Crippen molar-refractivity contribution >= 4 is 5.91 Å². The summed E-state index contributed by atoms with van der Waals surface area (Å²) in [6.45, 7) is 4.48. The Kier molecular flexibility index (Phi) is 5.70. The minimum Gasteiger partial charge on any atom is -0.349 e. The van der Waals surface area contributed by atoms with Gasteiger partial charge in [0.15, 0.2) is 0 Å². The molecule has 0 saturated carbocycles. The van der Waals surface area contributed by atoms with Crippen LogP contribution in [-0.4, -0.2) is 12.5 Å². The molecule has 17 heavy (non-hydrogen) atoms. The van der Waals surface area contributed by atoms with Crippen molar-refractivity contribution in [3.63, 3.8) is 0 Å². The molecule has 0 spiro atoms. The predicted octanol–water partition coefficient (Wildman–Crippen LogP) is 2.24. The van der Waals surface area contributed by atoms with E-state index in [1.54, 1.807) is 0 Å². The second-order valence-electron chi connectivity index (χ2n) is 4.36. The second-order valence-corrected chi connectivity index (χ2v) is 4.36. The molecule has 1 amide bonds. The molecular weight excluding hydrogens is 212 g/mol. The number of amides is 1. The molecule has 0 fully saturated rings. The van der Waals surface area contributed by atoms with Crippen LogP contribution in [-0.2, 0) is 4.79 Å². The van der Waals surface area contributed by atoms with Crippen LogP contribution in [0.4, 0.5) is 0 Å². The fourth-order valence-corrected chi connectivity index (χ4v) is 1.86. The first-order chi connectivity index (χ1) is 8.19. The monoisotopic (exact) mass is 234 g/mol. The highest BCUT2D eigenvalue weighted by Crippen LogP contribution is 2.13. The number of hydrogen-bond acceptors (Lipinski definition) is 2. The Balaban J connectivity index is 2.56. The van der Waals surface area contributed by atoms with Crippen LogP contribution in [0, 0.1) is 5.92 Å². The van der Waals surface area contributed by atoms with Gasteiger partial charge in [0, 0.05) is 6.54 Å². The first-order valence-electron chi connectivity index (χ1n) is 6.24. The molecule has 0 saturated heterocycles. The average molecular weight is 234 g/mol. The maximum atomic E-state index is 12.0. The van der Waals surface area contributed by atoms with Crippen LogP contribution >= 0.6 is 0 Å². The molecule has 2 atom stereocenters. The van der Waals surface area contributed by atoms with Crippen LogP contribution in [0.1, 0.15) is 38.3 Å². The third-order valence-electron chi connectivity index (χ3n) is 2.95. The third-order valence-corrected chi connectivity index (χ3v) is 2.95. The lowest BCUT2D eigenvalue weighted by molar-refractivity contribution is -0.125. The number of nitrogens with one attached hydrogen (secondary N) is 1. The van der Waals surface area contributed by atoms with Crippen LogP contribution in [0.25, 0.3) is 0 Å². The zero-order chi connectivity index (χ0) is 12.7. The van der Waals surface area contributed by atoms with Crippen molar-refractivity contribution in [3.8, 4) is 0 Å². The van der Waals surface area contributed by atoms with E-state index in [1.807, 2.05) is 37.3 Å². The van der Waals surface area contributed by atoms with E-state index >= 15 is 0 Å². The molecule has 0 aliphatic rings. The van der Waals surface area contributed by atoms with E-state index in [1.165, 1.54) is 0 Å². The quantitative estimate of drug-likeness (QED) is 0.793. The number of hydrogen-bond donors (Lipinski definition) is 2. The Hall–Kier alpha value is -1.35. The van der Waals surface area contributed by atoms with E-state index in [4.69, 9.17) is 5.73 Å². The lowest BCUT2D eigenvalue weighted by Gasteiger charge is -2.19. The Morgan fingerprint density at radius 1 is 1.35 bits per heavy atom. The summed E-state index contributed by atoms with van der Waals surface area (Å²) < 4.78 is 0. The summed E-state index contributed by atoms with van der Waals surface area (Å²) in [6, 6.07) is 9.99. The van der Waals surface area contributed by atoms with Crippen molar-refractivity contribution in [2.75, 3.05) is 6.54 Å². The van der Waals surface area contributed by atoms with Gasteiger partial charge < -0.3 is 11.1 Å². The van der Waals surface area contributed by atoms with Crippen LogP contribution in [0.2, 0.25) is 0 Å². The van der Waals surface area contributed by atoms with Crippen LogP contribution in [0.3, 0.4) is 0 Å². The van der Waals surface area contributed by atoms with E-state index in [-0.39, 0.29) is 17.9 Å². The number of benzene rings is 1. The smallest absolute Gasteiger partial charge is 0.224 e. The Morgan fingerprint density at radius 2 is 2.00 bits per heavy atom. The van der Waals surface area contributed by atoms with Crippen molar-refractivity contribution in [2.45, 2.75) is 32.7 Å². The van der Waals surface area contributed by atoms with Gasteiger partial charge in [0.1, 0.15) is 0 Å². The predicted molar refractivity (Wildman–Crippen MR) is 70.5 cm³/mol. The molecular formula is C14H22N2O. The topological polar surface area (TPSA) is 55.1 Å². The van der Waals surface area contributed by atoms with Crippen LogP contribution in [0.5, 0.6) is 0 Å². The summed E-state index contributed by atoms with van der Waals surface area (Å²) in [5.74, 6) is -0.00290. The van der Waals surface area contributed by atoms with Crippen molar-refractivity contribution in [2.24, 2.45) is 11.7 Å². The SMILES string of the molecule is CCCC(CN)C(=O)N[C@@H](C)c1ccccc1. The molecule has 3 N–H and O–H groups in total. The average Bonchev–Trinajstić information content (AvgIpc) is 2.36. The first-order valence-corrected chi connectivity index (χ1v) is 6.24. The zero-order valence-electron chi connectivity index (χ0n) is 10.6. The summed E-state index contributed by atoms with van der Waals surface area (Å²) >= 11 is 0. The summed E-state index contributed by atoms with van der Waals surface area (Å²) in [7, 11) is 0. The minimum atomic E-state index is -0.0637. The van der Waals surface area contributed by atoms with Gasteiger partial charge in [-0.2, -0.15) is 0 Å². The Morgan fingerprint density at radius 3 is 2.53 bits per heavy atom. The van der Waals surface area contributed by atoms with E-state index in [0.29, 0.717) is 6.54 Å². The molecule has 3 nitrogen and oxygen atoms in total. The third kappa shape index (κ3) is 4.19. The van der Waals surface area contributed by atoms with Crippen LogP contribution < -0.4 is 11.1 Å². The fraction of sp³-hybridized carbons (Fsp3) is 0.500. The van der Waals surface area contributed by atoms with Crippen molar-refractivity contribution in [1.29, 1.82) is 0 Å². The van der Waals surface area contributed by atoms with Gasteiger partial charge in [-0.3, -0.25) is 4.79 Å². The Labute approximate surface area is 103 Å². The van der Waals surface area contributed by atoms with Crippen LogP contribution in [0.15, 0.2) is 30.3 Å². The van der Waals surface area contributed by atoms with Gasteiger partial charge in [0.2, 0.25) is 5.91 Å². The molecule has 0 bridgehead atoms. The molecule has 1 unspecified atom stereocenters. The lowest BCUT2D eigenvalue weighted by atomic mass is 10.0. The van der Waals surface area contributed by atoms with Gasteiger partial charge in [0.25, 0.3) is 0 Å². The highest BCUT2D eigenvalue weighted by molar-refractivity contribution is 5.79. The zero-order valence-corrected chi connectivity index (χ0v) is 10.6. The molecule has 1 rings (SSSR count). The number of carbonyl (C=O) groups is 1. The summed E-state index contributed by atoms with van der Waals surface area (Å²) in [4.78, 5) is 12.0. The Bertz CT molecular complexity index is 337. The van der Waals surface area contributed by atoms with Crippen molar-refractivity contribution in [3.05, 3.63) is 35.9 Å². The molecule has 0 aliphatic carbocycles. The number of carbonyl (C=O) groups excluding carboxylic acids is 1. The first kappa shape index (κ1) is 13.7. The van der Waals surface area contributed by atoms with E-state index < -0.39 is 0 Å². The standard InChI is InChI=1S/C14H22N2O/c1-3-7-13(10-15)14(17)16-11(2)12-8-5-4-6-9-12/h4-6,8-9,11,13H,3,7,10,15H2,1-2H3,(H,16,17)/t11-,13?/m0/s1. The number of rotatable bonds is 6. The molecule has 3 heteroatoms. The summed E-state index contributed by atoms with van der Waals surface area (Å²) in [5, 5.41) is 3.01. The van der Waals surface area contributed by atoms with Gasteiger partial charge >= 0.3 is 0 Å². The highest BCUT2D eigenvalue weighted by Gasteiger charge is 2.17. The van der Waals surface area contributed by atoms with Gasteiger partial charge in [0.05, 0.1) is 12.0 Å². The van der Waals surface area contributed by atoms with E-state index in [9.17, 15) is 4.79 Å². The molecule has 0 aliphatic heterocycles. The maximum absolute atomic E-state index is 12.0. The lowest BCUT2D eigenvalue weighted by Crippen LogP contribution is -2.36. The maximum Gasteiger partial charge on any atom is 0.224 e. The molecule has 1 aromatic carbocycles. The molecule has 0 radical (unpaired) electrons. The summed E-state index contributed by atoms with van der Waals surface area (Å²) in [6.07, 6.45) is 1.83. The highest BCUT2D eigenvalue weighted by atomic mass is 16.1. The van der Waals surface area contributed by atoms with E-state index in [0.717, 1.165) is 18.4 Å². The van der Waals surface area contributed by atoms with Gasteiger partial charge in [-0.05, 0) is 18.9 Å². The molecule has 1 aromatic rings. The fourth-order valence-electron chi connectivity index (χ4n) is 1.86. The largest absolute Gasteiger partial charge is 0.349 e. The van der Waals surface area contributed by atoms with Gasteiger partial charge in [-0.15, -0.1) is 0 Å². The van der Waals surface area contributed by atoms with Gasteiger partial charge in [-0.25, -0.2) is 0 Å². The van der Waals surface area contributed by atoms with Gasteiger partial charge in [-0.1, -0.05) is 43.7 Å². The van der Waals surface area contributed by atoms with Crippen molar-refractivity contribution in [1.82, 2.24) is 5.32 Å².